The first-order valence-electron chi connectivity index (χ1n) is 7.08. The van der Waals surface area contributed by atoms with Crippen molar-refractivity contribution in [3.63, 3.8) is 0 Å². The van der Waals surface area contributed by atoms with Crippen molar-refractivity contribution in [1.82, 2.24) is 20.5 Å². The number of nitrogens with one attached hydrogen (secondary N) is 3. The Bertz CT molecular complexity index is 563. The van der Waals surface area contributed by atoms with Crippen LogP contribution in [0.25, 0.3) is 0 Å². The number of carbonyl (C=O) groups is 1. The third kappa shape index (κ3) is 3.29. The monoisotopic (exact) mass is 274 g/mol. The van der Waals surface area contributed by atoms with Crippen LogP contribution in [0, 0.1) is 13.8 Å². The molecule has 0 bridgehead atoms. The molecule has 2 heterocycles. The quantitative estimate of drug-likeness (QED) is 0.707. The molecule has 2 aromatic rings. The fourth-order valence-corrected chi connectivity index (χ4v) is 2.28. The second-order valence-electron chi connectivity index (χ2n) is 5.02. The average molecular weight is 274 g/mol. The molecule has 108 valence electrons. The van der Waals surface area contributed by atoms with Gasteiger partial charge in [0.05, 0.1) is 5.69 Å². The zero-order valence-corrected chi connectivity index (χ0v) is 12.3. The summed E-state index contributed by atoms with van der Waals surface area (Å²) in [6, 6.07) is 3.78. The molecule has 0 fully saturated rings. The maximum absolute atomic E-state index is 11.9. The lowest BCUT2D eigenvalue weighted by Gasteiger charge is -2.04. The molecular weight excluding hydrogens is 252 g/mol. The van der Waals surface area contributed by atoms with Crippen molar-refractivity contribution in [3.05, 3.63) is 40.5 Å². The third-order valence-electron chi connectivity index (χ3n) is 3.54. The van der Waals surface area contributed by atoms with Gasteiger partial charge in [0.2, 0.25) is 0 Å². The van der Waals surface area contributed by atoms with Gasteiger partial charge < -0.3 is 10.3 Å². The highest BCUT2D eigenvalue weighted by Crippen LogP contribution is 2.11. The van der Waals surface area contributed by atoms with E-state index in [4.69, 9.17) is 0 Å². The predicted molar refractivity (Wildman–Crippen MR) is 78.9 cm³/mol. The predicted octanol–water partition coefficient (Wildman–Crippen LogP) is 2.28. The Morgan fingerprint density at radius 3 is 2.75 bits per heavy atom. The SMILES string of the molecule is CCc1ccc(C(=O)NCCCc2c(C)n[nH]c2C)[nH]1. The van der Waals surface area contributed by atoms with Crippen LogP contribution in [0.15, 0.2) is 12.1 Å². The number of carbonyl (C=O) groups excluding carboxylic acids is 1. The van der Waals surface area contributed by atoms with Crippen LogP contribution >= 0.6 is 0 Å². The van der Waals surface area contributed by atoms with Gasteiger partial charge in [-0.1, -0.05) is 6.92 Å². The van der Waals surface area contributed by atoms with Gasteiger partial charge in [-0.15, -0.1) is 0 Å². The summed E-state index contributed by atoms with van der Waals surface area (Å²) in [4.78, 5) is 15.0. The van der Waals surface area contributed by atoms with E-state index in [-0.39, 0.29) is 5.91 Å². The van der Waals surface area contributed by atoms with Gasteiger partial charge in [0.15, 0.2) is 0 Å². The average Bonchev–Trinajstić information content (AvgIpc) is 3.03. The van der Waals surface area contributed by atoms with Crippen molar-refractivity contribution in [2.24, 2.45) is 0 Å². The zero-order valence-electron chi connectivity index (χ0n) is 12.3. The fourth-order valence-electron chi connectivity index (χ4n) is 2.28. The third-order valence-corrected chi connectivity index (χ3v) is 3.54. The Labute approximate surface area is 119 Å². The Morgan fingerprint density at radius 1 is 1.35 bits per heavy atom. The van der Waals surface area contributed by atoms with Crippen LogP contribution in [0.1, 0.15) is 46.5 Å². The van der Waals surface area contributed by atoms with Gasteiger partial charge in [-0.3, -0.25) is 9.89 Å². The van der Waals surface area contributed by atoms with E-state index in [1.165, 1.54) is 5.56 Å². The smallest absolute Gasteiger partial charge is 0.267 e. The summed E-state index contributed by atoms with van der Waals surface area (Å²) in [6.45, 7) is 6.76. The Kier molecular flexibility index (Phi) is 4.61. The first kappa shape index (κ1) is 14.4. The molecule has 0 saturated carbocycles. The zero-order chi connectivity index (χ0) is 14.5. The van der Waals surface area contributed by atoms with Crippen LogP contribution in [0.3, 0.4) is 0 Å². The molecule has 0 aliphatic heterocycles. The number of H-pyrrole nitrogens is 2. The van der Waals surface area contributed by atoms with Gasteiger partial charge >= 0.3 is 0 Å². The van der Waals surface area contributed by atoms with Gasteiger partial charge in [0.1, 0.15) is 5.69 Å². The maximum atomic E-state index is 11.9. The lowest BCUT2D eigenvalue weighted by atomic mass is 10.1. The van der Waals surface area contributed by atoms with Crippen molar-refractivity contribution < 1.29 is 4.79 Å². The fraction of sp³-hybridized carbons (Fsp3) is 0.467. The van der Waals surface area contributed by atoms with Crippen molar-refractivity contribution in [2.45, 2.75) is 40.0 Å². The van der Waals surface area contributed by atoms with E-state index in [2.05, 4.69) is 27.4 Å². The molecule has 0 unspecified atom stereocenters. The van der Waals surface area contributed by atoms with E-state index >= 15 is 0 Å². The van der Waals surface area contributed by atoms with E-state index in [1.54, 1.807) is 0 Å². The molecule has 0 aromatic carbocycles. The largest absolute Gasteiger partial charge is 0.354 e. The molecule has 1 amide bonds. The minimum atomic E-state index is -0.0367. The van der Waals surface area contributed by atoms with Gasteiger partial charge in [-0.25, -0.2) is 0 Å². The van der Waals surface area contributed by atoms with E-state index in [9.17, 15) is 4.79 Å². The summed E-state index contributed by atoms with van der Waals surface area (Å²) in [6.07, 6.45) is 2.75. The van der Waals surface area contributed by atoms with E-state index < -0.39 is 0 Å². The van der Waals surface area contributed by atoms with Crippen molar-refractivity contribution in [2.75, 3.05) is 6.54 Å². The van der Waals surface area contributed by atoms with E-state index in [0.29, 0.717) is 12.2 Å². The normalized spacial score (nSPS) is 10.8. The van der Waals surface area contributed by atoms with Crippen LogP contribution in [0.5, 0.6) is 0 Å². The Hall–Kier alpha value is -2.04. The molecule has 2 rings (SSSR count). The molecule has 0 radical (unpaired) electrons. The highest BCUT2D eigenvalue weighted by Gasteiger charge is 2.08. The van der Waals surface area contributed by atoms with Crippen molar-refractivity contribution >= 4 is 5.91 Å². The molecule has 3 N–H and O–H groups in total. The second-order valence-corrected chi connectivity index (χ2v) is 5.02. The van der Waals surface area contributed by atoms with Gasteiger partial charge in [0, 0.05) is 17.9 Å². The Balaban J connectivity index is 1.77. The second kappa shape index (κ2) is 6.41. The highest BCUT2D eigenvalue weighted by molar-refractivity contribution is 5.92. The minimum absolute atomic E-state index is 0.0367. The molecule has 0 aliphatic rings. The van der Waals surface area contributed by atoms with Gasteiger partial charge in [-0.2, -0.15) is 5.10 Å². The maximum Gasteiger partial charge on any atom is 0.267 e. The van der Waals surface area contributed by atoms with Crippen LogP contribution in [0.2, 0.25) is 0 Å². The summed E-state index contributed by atoms with van der Waals surface area (Å²) in [7, 11) is 0. The molecule has 0 atom stereocenters. The summed E-state index contributed by atoms with van der Waals surface area (Å²) < 4.78 is 0. The standard InChI is InChI=1S/C15H22N4O/c1-4-12-7-8-14(17-12)15(20)16-9-5-6-13-10(2)18-19-11(13)3/h7-8,17H,4-6,9H2,1-3H3,(H,16,20)(H,18,19). The number of hydrogen-bond donors (Lipinski definition) is 3. The Morgan fingerprint density at radius 2 is 2.15 bits per heavy atom. The van der Waals surface area contributed by atoms with E-state index in [0.717, 1.165) is 36.3 Å². The first-order valence-corrected chi connectivity index (χ1v) is 7.08. The van der Waals surface area contributed by atoms with Crippen LogP contribution in [-0.4, -0.2) is 27.6 Å². The molecule has 5 nitrogen and oxygen atoms in total. The topological polar surface area (TPSA) is 73.6 Å². The number of hydrogen-bond acceptors (Lipinski definition) is 2. The molecule has 2 aromatic heterocycles. The first-order chi connectivity index (χ1) is 9.61. The van der Waals surface area contributed by atoms with Crippen LogP contribution in [-0.2, 0) is 12.8 Å². The molecular formula is C15H22N4O. The lowest BCUT2D eigenvalue weighted by Crippen LogP contribution is -2.25. The van der Waals surface area contributed by atoms with Crippen LogP contribution in [0.4, 0.5) is 0 Å². The van der Waals surface area contributed by atoms with Crippen LogP contribution < -0.4 is 5.32 Å². The number of nitrogens with zero attached hydrogens (tertiary/aromatic N) is 1. The number of aromatic amines is 2. The summed E-state index contributed by atoms with van der Waals surface area (Å²) in [5.74, 6) is -0.0367. The number of aryl methyl sites for hydroxylation is 3. The number of aromatic nitrogens is 3. The molecule has 5 heteroatoms. The highest BCUT2D eigenvalue weighted by atomic mass is 16.1. The molecule has 0 spiro atoms. The van der Waals surface area contributed by atoms with Crippen molar-refractivity contribution in [3.8, 4) is 0 Å². The van der Waals surface area contributed by atoms with Crippen molar-refractivity contribution in [1.29, 1.82) is 0 Å². The van der Waals surface area contributed by atoms with Gasteiger partial charge in [-0.05, 0) is 50.8 Å². The molecule has 0 aliphatic carbocycles. The summed E-state index contributed by atoms with van der Waals surface area (Å²) in [5, 5.41) is 10.1. The lowest BCUT2D eigenvalue weighted by molar-refractivity contribution is 0.0948. The molecule has 20 heavy (non-hydrogen) atoms. The summed E-state index contributed by atoms with van der Waals surface area (Å²) >= 11 is 0. The summed E-state index contributed by atoms with van der Waals surface area (Å²) in [5.41, 5.74) is 5.14. The number of rotatable bonds is 6. The van der Waals surface area contributed by atoms with Gasteiger partial charge in [0.25, 0.3) is 5.91 Å². The number of amides is 1. The van der Waals surface area contributed by atoms with E-state index in [1.807, 2.05) is 26.0 Å². The molecule has 0 saturated heterocycles. The minimum Gasteiger partial charge on any atom is -0.354 e.